The summed E-state index contributed by atoms with van der Waals surface area (Å²) in [4.78, 5) is 12.3. The summed E-state index contributed by atoms with van der Waals surface area (Å²) >= 11 is 0. The molecule has 10 heteroatoms. The summed E-state index contributed by atoms with van der Waals surface area (Å²) in [6.45, 7) is 3.07. The van der Waals surface area contributed by atoms with Crippen LogP contribution >= 0.6 is 0 Å². The number of benzene rings is 3. The molecule has 3 aromatic rings. The van der Waals surface area contributed by atoms with Crippen LogP contribution in [0.2, 0.25) is 0 Å². The molecule has 4 nitrogen and oxygen atoms in total. The van der Waals surface area contributed by atoms with Gasteiger partial charge >= 0.3 is 18.3 Å². The molecule has 0 fully saturated rings. The van der Waals surface area contributed by atoms with E-state index >= 15 is 0 Å². The van der Waals surface area contributed by atoms with E-state index in [-0.39, 0.29) is 25.0 Å². The summed E-state index contributed by atoms with van der Waals surface area (Å²) < 4.78 is 95.0. The van der Waals surface area contributed by atoms with E-state index in [0.29, 0.717) is 28.5 Å². The quantitative estimate of drug-likeness (QED) is 0.234. The first kappa shape index (κ1) is 26.9. The van der Waals surface area contributed by atoms with Gasteiger partial charge in [0.1, 0.15) is 24.7 Å². The fourth-order valence-corrected chi connectivity index (χ4v) is 3.46. The Kier molecular flexibility index (Phi) is 8.17. The summed E-state index contributed by atoms with van der Waals surface area (Å²) in [6.07, 6.45) is -9.90. The Morgan fingerprint density at radius 3 is 1.97 bits per heavy atom. The van der Waals surface area contributed by atoms with Crippen molar-refractivity contribution < 1.29 is 45.3 Å². The van der Waals surface area contributed by atoms with E-state index in [1.807, 2.05) is 0 Å². The zero-order valence-corrected chi connectivity index (χ0v) is 19.3. The van der Waals surface area contributed by atoms with E-state index in [4.69, 9.17) is 14.2 Å². The third-order valence-corrected chi connectivity index (χ3v) is 5.18. The third kappa shape index (κ3) is 6.71. The molecule has 0 aromatic heterocycles. The fourth-order valence-electron chi connectivity index (χ4n) is 3.46. The molecule has 0 saturated carbocycles. The van der Waals surface area contributed by atoms with Crippen molar-refractivity contribution in [1.82, 2.24) is 0 Å². The average Bonchev–Trinajstić information content (AvgIpc) is 2.80. The lowest BCUT2D eigenvalue weighted by molar-refractivity contribution is -0.143. The second-order valence-electron chi connectivity index (χ2n) is 7.75. The summed E-state index contributed by atoms with van der Waals surface area (Å²) in [5.41, 5.74) is -1.58. The molecule has 3 aromatic carbocycles. The van der Waals surface area contributed by atoms with Crippen molar-refractivity contribution >= 4 is 5.97 Å². The van der Waals surface area contributed by atoms with Gasteiger partial charge in [-0.25, -0.2) is 4.79 Å². The topological polar surface area (TPSA) is 44.8 Å². The molecule has 0 heterocycles. The highest BCUT2D eigenvalue weighted by atomic mass is 19.4. The van der Waals surface area contributed by atoms with Crippen LogP contribution in [0.1, 0.15) is 45.1 Å². The van der Waals surface area contributed by atoms with Crippen molar-refractivity contribution in [2.45, 2.75) is 39.4 Å². The highest BCUT2D eigenvalue weighted by molar-refractivity contribution is 5.92. The Balaban J connectivity index is 1.74. The first-order chi connectivity index (χ1) is 16.9. The Morgan fingerprint density at radius 1 is 0.778 bits per heavy atom. The molecule has 0 aliphatic heterocycles. The van der Waals surface area contributed by atoms with Crippen LogP contribution in [-0.2, 0) is 30.3 Å². The predicted octanol–water partition coefficient (Wildman–Crippen LogP) is 7.37. The van der Waals surface area contributed by atoms with E-state index in [0.717, 1.165) is 6.07 Å². The van der Waals surface area contributed by atoms with Crippen molar-refractivity contribution in [3.63, 3.8) is 0 Å². The van der Waals surface area contributed by atoms with Gasteiger partial charge in [-0.1, -0.05) is 30.3 Å². The van der Waals surface area contributed by atoms with Crippen LogP contribution in [0.25, 0.3) is 0 Å². The van der Waals surface area contributed by atoms with Crippen LogP contribution < -0.4 is 9.47 Å². The Labute approximate surface area is 203 Å². The molecule has 0 spiro atoms. The Bertz CT molecular complexity index is 1220. The molecule has 0 saturated heterocycles. The van der Waals surface area contributed by atoms with Crippen molar-refractivity contribution in [2.24, 2.45) is 0 Å². The summed E-state index contributed by atoms with van der Waals surface area (Å²) in [7, 11) is 0. The normalized spacial score (nSPS) is 11.8. The monoisotopic (exact) mass is 512 g/mol. The molecule has 0 atom stereocenters. The van der Waals surface area contributed by atoms with Gasteiger partial charge in [-0.05, 0) is 43.7 Å². The average molecular weight is 512 g/mol. The van der Waals surface area contributed by atoms with Crippen LogP contribution in [0.4, 0.5) is 26.3 Å². The van der Waals surface area contributed by atoms with Crippen molar-refractivity contribution in [1.29, 1.82) is 0 Å². The molecule has 0 aliphatic rings. The van der Waals surface area contributed by atoms with Crippen molar-refractivity contribution in [3.05, 3.63) is 94.0 Å². The highest BCUT2D eigenvalue weighted by Crippen LogP contribution is 2.37. The van der Waals surface area contributed by atoms with Gasteiger partial charge in [0.2, 0.25) is 0 Å². The minimum absolute atomic E-state index is 0.0103. The molecule has 0 amide bonds. The second-order valence-corrected chi connectivity index (χ2v) is 7.75. The number of rotatable bonds is 8. The number of aryl methyl sites for hydroxylation is 1. The number of ether oxygens (including phenoxy) is 3. The van der Waals surface area contributed by atoms with E-state index < -0.39 is 41.6 Å². The number of carbonyl (C=O) groups is 1. The van der Waals surface area contributed by atoms with E-state index in [1.165, 1.54) is 12.1 Å². The SMILES string of the molecule is CCOC(=O)c1c(C)cccc1COc1cccc(OCc2ccc(C(F)(F)F)cc2C(F)(F)F)c1. The maximum absolute atomic E-state index is 13.4. The zero-order valence-electron chi connectivity index (χ0n) is 19.3. The molecule has 192 valence electrons. The number of carbonyl (C=O) groups excluding carboxylic acids is 1. The van der Waals surface area contributed by atoms with Crippen LogP contribution in [0.3, 0.4) is 0 Å². The van der Waals surface area contributed by atoms with Gasteiger partial charge in [-0.3, -0.25) is 0 Å². The van der Waals surface area contributed by atoms with Gasteiger partial charge in [-0.15, -0.1) is 0 Å². The number of halogens is 6. The lowest BCUT2D eigenvalue weighted by atomic mass is 10.0. The van der Waals surface area contributed by atoms with Crippen LogP contribution in [0.15, 0.2) is 60.7 Å². The van der Waals surface area contributed by atoms with Crippen molar-refractivity contribution in [2.75, 3.05) is 6.61 Å². The summed E-state index contributed by atoms with van der Waals surface area (Å²) in [6, 6.07) is 12.7. The van der Waals surface area contributed by atoms with E-state index in [9.17, 15) is 31.1 Å². The zero-order chi connectivity index (χ0) is 26.5. The number of alkyl halides is 6. The lowest BCUT2D eigenvalue weighted by Crippen LogP contribution is -2.14. The Hall–Kier alpha value is -3.69. The molecule has 0 N–H and O–H groups in total. The van der Waals surface area contributed by atoms with Crippen molar-refractivity contribution in [3.8, 4) is 11.5 Å². The van der Waals surface area contributed by atoms with Gasteiger partial charge in [0.05, 0.1) is 23.3 Å². The standard InChI is InChI=1S/C26H22F6O4/c1-3-34-24(33)23-16(2)6-4-7-18(23)15-36-21-9-5-8-20(13-21)35-14-17-10-11-19(25(27,28)29)12-22(17)26(30,31)32/h4-13H,3,14-15H2,1-2H3. The minimum atomic E-state index is -4.99. The predicted molar refractivity (Wildman–Crippen MR) is 119 cm³/mol. The van der Waals surface area contributed by atoms with E-state index in [1.54, 1.807) is 44.2 Å². The van der Waals surface area contributed by atoms with Gasteiger partial charge < -0.3 is 14.2 Å². The third-order valence-electron chi connectivity index (χ3n) is 5.18. The van der Waals surface area contributed by atoms with E-state index in [2.05, 4.69) is 0 Å². The highest BCUT2D eigenvalue weighted by Gasteiger charge is 2.38. The molecular formula is C26H22F6O4. The van der Waals surface area contributed by atoms with Gasteiger partial charge in [0, 0.05) is 17.2 Å². The fraction of sp³-hybridized carbons (Fsp3) is 0.269. The van der Waals surface area contributed by atoms with Crippen LogP contribution in [0, 0.1) is 6.92 Å². The molecule has 0 bridgehead atoms. The molecule has 0 radical (unpaired) electrons. The van der Waals surface area contributed by atoms with Gasteiger partial charge in [0.25, 0.3) is 0 Å². The first-order valence-electron chi connectivity index (χ1n) is 10.8. The number of hydrogen-bond acceptors (Lipinski definition) is 4. The molecular weight excluding hydrogens is 490 g/mol. The largest absolute Gasteiger partial charge is 0.489 e. The van der Waals surface area contributed by atoms with Crippen LogP contribution in [-0.4, -0.2) is 12.6 Å². The Morgan fingerprint density at radius 2 is 1.39 bits per heavy atom. The molecule has 0 unspecified atom stereocenters. The first-order valence-corrected chi connectivity index (χ1v) is 10.8. The van der Waals surface area contributed by atoms with Gasteiger partial charge in [-0.2, -0.15) is 26.3 Å². The van der Waals surface area contributed by atoms with Gasteiger partial charge in [0.15, 0.2) is 0 Å². The van der Waals surface area contributed by atoms with Crippen LogP contribution in [0.5, 0.6) is 11.5 Å². The molecule has 36 heavy (non-hydrogen) atoms. The minimum Gasteiger partial charge on any atom is -0.489 e. The molecule has 3 rings (SSSR count). The maximum atomic E-state index is 13.4. The lowest BCUT2D eigenvalue weighted by Gasteiger charge is -2.17. The smallest absolute Gasteiger partial charge is 0.416 e. The summed E-state index contributed by atoms with van der Waals surface area (Å²) in [5, 5.41) is 0. The molecule has 0 aliphatic carbocycles. The maximum Gasteiger partial charge on any atom is 0.416 e. The summed E-state index contributed by atoms with van der Waals surface area (Å²) in [5.74, 6) is -0.0223. The number of esters is 1. The second kappa shape index (κ2) is 10.9. The number of hydrogen-bond donors (Lipinski definition) is 0.